The lowest BCUT2D eigenvalue weighted by molar-refractivity contribution is -0.137. The third-order valence-corrected chi connectivity index (χ3v) is 4.21. The third-order valence-electron chi connectivity index (χ3n) is 4.21. The number of H-pyrrole nitrogens is 1. The highest BCUT2D eigenvalue weighted by Crippen LogP contribution is 2.10. The highest BCUT2D eigenvalue weighted by molar-refractivity contribution is 5.74. The SMILES string of the molecule is O=C(O)CCC(Cc1ccccc1)NC(=O)NCc1nc(-c2ccccn2)n[nH]1. The summed E-state index contributed by atoms with van der Waals surface area (Å²) in [5.41, 5.74) is 1.66. The second-order valence-electron chi connectivity index (χ2n) is 6.47. The Hall–Kier alpha value is -3.75. The van der Waals surface area contributed by atoms with E-state index in [1.165, 1.54) is 0 Å². The molecule has 0 radical (unpaired) electrons. The predicted molar refractivity (Wildman–Crippen MR) is 106 cm³/mol. The number of benzene rings is 1. The molecule has 2 heterocycles. The molecule has 0 aliphatic heterocycles. The number of nitrogens with one attached hydrogen (secondary N) is 3. The fourth-order valence-electron chi connectivity index (χ4n) is 2.81. The molecule has 1 aromatic carbocycles. The topological polar surface area (TPSA) is 133 Å². The van der Waals surface area contributed by atoms with Gasteiger partial charge >= 0.3 is 12.0 Å². The van der Waals surface area contributed by atoms with Crippen molar-refractivity contribution < 1.29 is 14.7 Å². The van der Waals surface area contributed by atoms with Crippen LogP contribution in [0.3, 0.4) is 0 Å². The molecule has 0 aliphatic carbocycles. The van der Waals surface area contributed by atoms with Gasteiger partial charge < -0.3 is 15.7 Å². The van der Waals surface area contributed by atoms with Crippen molar-refractivity contribution in [3.63, 3.8) is 0 Å². The summed E-state index contributed by atoms with van der Waals surface area (Å²) < 4.78 is 0. The Morgan fingerprint density at radius 2 is 1.90 bits per heavy atom. The van der Waals surface area contributed by atoms with Crippen LogP contribution in [0.2, 0.25) is 0 Å². The highest BCUT2D eigenvalue weighted by atomic mass is 16.4. The number of hydrogen-bond acceptors (Lipinski definition) is 5. The number of carboxylic acids is 1. The Morgan fingerprint density at radius 3 is 2.62 bits per heavy atom. The van der Waals surface area contributed by atoms with Gasteiger partial charge in [0.1, 0.15) is 11.5 Å². The molecule has 9 heteroatoms. The molecule has 0 saturated heterocycles. The summed E-state index contributed by atoms with van der Waals surface area (Å²) in [6.45, 7) is 0.155. The molecule has 0 fully saturated rings. The smallest absolute Gasteiger partial charge is 0.315 e. The maximum atomic E-state index is 12.3. The van der Waals surface area contributed by atoms with Crippen LogP contribution in [0.5, 0.6) is 0 Å². The minimum absolute atomic E-state index is 0.0205. The van der Waals surface area contributed by atoms with Gasteiger partial charge in [-0.25, -0.2) is 9.78 Å². The number of aromatic nitrogens is 4. The van der Waals surface area contributed by atoms with Crippen molar-refractivity contribution in [2.45, 2.75) is 31.8 Å². The number of aromatic amines is 1. The number of carbonyl (C=O) groups excluding carboxylic acids is 1. The van der Waals surface area contributed by atoms with Gasteiger partial charge in [-0.3, -0.25) is 14.9 Å². The van der Waals surface area contributed by atoms with Crippen LogP contribution in [0.1, 0.15) is 24.2 Å². The zero-order valence-corrected chi connectivity index (χ0v) is 15.7. The van der Waals surface area contributed by atoms with Crippen molar-refractivity contribution in [1.82, 2.24) is 30.8 Å². The number of amides is 2. The van der Waals surface area contributed by atoms with Crippen molar-refractivity contribution in [3.8, 4) is 11.5 Å². The average molecular weight is 394 g/mol. The predicted octanol–water partition coefficient (Wildman–Crippen LogP) is 2.14. The highest BCUT2D eigenvalue weighted by Gasteiger charge is 2.15. The maximum absolute atomic E-state index is 12.3. The zero-order valence-electron chi connectivity index (χ0n) is 15.7. The van der Waals surface area contributed by atoms with Gasteiger partial charge in [-0.05, 0) is 30.5 Å². The first kappa shape index (κ1) is 20.0. The van der Waals surface area contributed by atoms with Gasteiger partial charge in [0, 0.05) is 18.7 Å². The van der Waals surface area contributed by atoms with E-state index < -0.39 is 12.0 Å². The second-order valence-corrected chi connectivity index (χ2v) is 6.47. The van der Waals surface area contributed by atoms with Gasteiger partial charge in [0.15, 0.2) is 5.82 Å². The Bertz CT molecular complexity index is 930. The molecule has 1 unspecified atom stereocenters. The van der Waals surface area contributed by atoms with Crippen LogP contribution in [0, 0.1) is 0 Å². The van der Waals surface area contributed by atoms with Gasteiger partial charge in [-0.1, -0.05) is 36.4 Å². The summed E-state index contributed by atoms with van der Waals surface area (Å²) in [4.78, 5) is 31.7. The van der Waals surface area contributed by atoms with Crippen LogP contribution in [0.15, 0.2) is 54.7 Å². The van der Waals surface area contributed by atoms with Crippen molar-refractivity contribution >= 4 is 12.0 Å². The maximum Gasteiger partial charge on any atom is 0.315 e. The van der Waals surface area contributed by atoms with Crippen molar-refractivity contribution in [3.05, 3.63) is 66.1 Å². The summed E-state index contributed by atoms with van der Waals surface area (Å²) in [7, 11) is 0. The minimum Gasteiger partial charge on any atom is -0.481 e. The molecular weight excluding hydrogens is 372 g/mol. The standard InChI is InChI=1S/C20H22N6O3/c27-18(28)10-9-15(12-14-6-2-1-3-7-14)23-20(29)22-13-17-24-19(26-25-17)16-8-4-5-11-21-16/h1-8,11,15H,9-10,12-13H2,(H,27,28)(H2,22,23,29)(H,24,25,26). The van der Waals surface area contributed by atoms with E-state index in [0.29, 0.717) is 30.2 Å². The summed E-state index contributed by atoms with van der Waals surface area (Å²) in [5, 5.41) is 21.4. The van der Waals surface area contributed by atoms with Gasteiger partial charge in [0.05, 0.1) is 6.54 Å². The number of carboxylic acid groups (broad SMARTS) is 1. The fraction of sp³-hybridized carbons (Fsp3) is 0.250. The first-order chi connectivity index (χ1) is 14.1. The molecule has 0 saturated carbocycles. The Balaban J connectivity index is 1.54. The number of pyridine rings is 1. The van der Waals surface area contributed by atoms with Crippen molar-refractivity contribution in [1.29, 1.82) is 0 Å². The van der Waals surface area contributed by atoms with Gasteiger partial charge in [0.2, 0.25) is 0 Å². The van der Waals surface area contributed by atoms with Gasteiger partial charge in [0.25, 0.3) is 0 Å². The van der Waals surface area contributed by atoms with Gasteiger partial charge in [-0.15, -0.1) is 0 Å². The quantitative estimate of drug-likeness (QED) is 0.439. The Labute approximate surface area is 167 Å². The van der Waals surface area contributed by atoms with E-state index in [1.807, 2.05) is 36.4 Å². The average Bonchev–Trinajstić information content (AvgIpc) is 3.21. The van der Waals surface area contributed by atoms with E-state index in [4.69, 9.17) is 5.11 Å². The van der Waals surface area contributed by atoms with Crippen LogP contribution in [0.25, 0.3) is 11.5 Å². The van der Waals surface area contributed by atoms with E-state index in [1.54, 1.807) is 18.3 Å². The molecule has 150 valence electrons. The molecule has 2 amide bonds. The molecule has 0 aliphatic rings. The van der Waals surface area contributed by atoms with Crippen LogP contribution in [0.4, 0.5) is 4.79 Å². The molecular formula is C20H22N6O3. The minimum atomic E-state index is -0.894. The number of aliphatic carboxylic acids is 1. The molecule has 0 spiro atoms. The molecule has 4 N–H and O–H groups in total. The van der Waals surface area contributed by atoms with E-state index in [0.717, 1.165) is 5.56 Å². The lowest BCUT2D eigenvalue weighted by Gasteiger charge is -2.18. The Kier molecular flexibility index (Phi) is 6.88. The zero-order chi connectivity index (χ0) is 20.5. The van der Waals surface area contributed by atoms with Crippen LogP contribution in [-0.4, -0.2) is 43.3 Å². The lowest BCUT2D eigenvalue weighted by atomic mass is 10.0. The first-order valence-corrected chi connectivity index (χ1v) is 9.23. The molecule has 29 heavy (non-hydrogen) atoms. The van der Waals surface area contributed by atoms with Crippen LogP contribution < -0.4 is 10.6 Å². The monoisotopic (exact) mass is 394 g/mol. The molecule has 9 nitrogen and oxygen atoms in total. The molecule has 2 aromatic heterocycles. The van der Waals surface area contributed by atoms with E-state index in [2.05, 4.69) is 30.8 Å². The number of carbonyl (C=O) groups is 2. The largest absolute Gasteiger partial charge is 0.481 e. The molecule has 3 rings (SSSR count). The van der Waals surface area contributed by atoms with Crippen molar-refractivity contribution in [2.24, 2.45) is 0 Å². The van der Waals surface area contributed by atoms with Crippen LogP contribution in [-0.2, 0) is 17.8 Å². The van der Waals surface area contributed by atoms with E-state index >= 15 is 0 Å². The summed E-state index contributed by atoms with van der Waals surface area (Å²) in [5.74, 6) is 0.0474. The van der Waals surface area contributed by atoms with E-state index in [9.17, 15) is 9.59 Å². The number of rotatable bonds is 9. The number of nitrogens with zero attached hydrogens (tertiary/aromatic N) is 3. The Morgan fingerprint density at radius 1 is 1.10 bits per heavy atom. The number of urea groups is 1. The first-order valence-electron chi connectivity index (χ1n) is 9.23. The van der Waals surface area contributed by atoms with Gasteiger partial charge in [-0.2, -0.15) is 5.10 Å². The third kappa shape index (κ3) is 6.42. The summed E-state index contributed by atoms with van der Waals surface area (Å²) >= 11 is 0. The van der Waals surface area contributed by atoms with Crippen LogP contribution >= 0.6 is 0 Å². The molecule has 3 aromatic rings. The fourth-order valence-corrected chi connectivity index (χ4v) is 2.81. The number of hydrogen-bond donors (Lipinski definition) is 4. The second kappa shape index (κ2) is 9.98. The molecule has 1 atom stereocenters. The van der Waals surface area contributed by atoms with Crippen molar-refractivity contribution in [2.75, 3.05) is 0 Å². The van der Waals surface area contributed by atoms with E-state index in [-0.39, 0.29) is 19.0 Å². The summed E-state index contributed by atoms with van der Waals surface area (Å²) in [6, 6.07) is 14.4. The normalized spacial score (nSPS) is 11.6. The summed E-state index contributed by atoms with van der Waals surface area (Å²) in [6.07, 6.45) is 2.52. The molecule has 0 bridgehead atoms. The lowest BCUT2D eigenvalue weighted by Crippen LogP contribution is -2.43.